The van der Waals surface area contributed by atoms with E-state index in [4.69, 9.17) is 0 Å². The van der Waals surface area contributed by atoms with Crippen LogP contribution in [0.15, 0.2) is 54.1 Å². The van der Waals surface area contributed by atoms with Crippen molar-refractivity contribution in [2.75, 3.05) is 0 Å². The van der Waals surface area contributed by atoms with Crippen molar-refractivity contribution in [2.45, 2.75) is 6.92 Å². The van der Waals surface area contributed by atoms with Crippen LogP contribution in [0.3, 0.4) is 0 Å². The predicted molar refractivity (Wildman–Crippen MR) is 82.2 cm³/mol. The van der Waals surface area contributed by atoms with E-state index in [9.17, 15) is 20.2 Å². The molecular weight excluding hydrogens is 280 g/mol. The lowest BCUT2D eigenvalue weighted by molar-refractivity contribution is -0.384. The number of Topliss-reactive ketones (excluding diaryl/α,β-unsaturated/α-hetero) is 1. The van der Waals surface area contributed by atoms with Gasteiger partial charge in [-0.3, -0.25) is 14.9 Å². The molecule has 0 atom stereocenters. The molecule has 0 heterocycles. The van der Waals surface area contributed by atoms with Crippen molar-refractivity contribution >= 4 is 17.5 Å². The van der Waals surface area contributed by atoms with Crippen molar-refractivity contribution in [1.82, 2.24) is 0 Å². The molecule has 0 unspecified atom stereocenters. The molecule has 0 saturated heterocycles. The zero-order valence-corrected chi connectivity index (χ0v) is 11.8. The summed E-state index contributed by atoms with van der Waals surface area (Å²) in [6, 6.07) is 14.5. The Balaban J connectivity index is 2.37. The normalized spacial score (nSPS) is 10.8. The Labute approximate surface area is 127 Å². The Morgan fingerprint density at radius 1 is 1.23 bits per heavy atom. The van der Waals surface area contributed by atoms with Gasteiger partial charge in [0.15, 0.2) is 0 Å². The largest absolute Gasteiger partial charge is 0.288 e. The summed E-state index contributed by atoms with van der Waals surface area (Å²) in [5.74, 6) is -0.535. The molecular formula is C17H12N2O3. The molecule has 0 aliphatic heterocycles. The van der Waals surface area contributed by atoms with Crippen molar-refractivity contribution in [1.29, 1.82) is 5.26 Å². The second-order valence-corrected chi connectivity index (χ2v) is 4.72. The van der Waals surface area contributed by atoms with E-state index in [0.29, 0.717) is 0 Å². The van der Waals surface area contributed by atoms with E-state index in [1.807, 2.05) is 25.1 Å². The molecule has 2 rings (SSSR count). The molecule has 0 aliphatic carbocycles. The summed E-state index contributed by atoms with van der Waals surface area (Å²) in [6.07, 6.45) is 1.47. The summed E-state index contributed by atoms with van der Waals surface area (Å²) in [5, 5.41) is 19.9. The lowest BCUT2D eigenvalue weighted by Crippen LogP contribution is -2.02. The monoisotopic (exact) mass is 292 g/mol. The maximum Gasteiger partial charge on any atom is 0.270 e. The Morgan fingerprint density at radius 3 is 2.50 bits per heavy atom. The Kier molecular flexibility index (Phi) is 4.44. The van der Waals surface area contributed by atoms with E-state index >= 15 is 0 Å². The molecule has 22 heavy (non-hydrogen) atoms. The molecule has 0 spiro atoms. The minimum Gasteiger partial charge on any atom is -0.288 e. The number of hydrogen-bond donors (Lipinski definition) is 0. The average Bonchev–Trinajstić information content (AvgIpc) is 2.53. The second kappa shape index (κ2) is 6.46. The van der Waals surface area contributed by atoms with Gasteiger partial charge in [-0.15, -0.1) is 0 Å². The Morgan fingerprint density at radius 2 is 1.91 bits per heavy atom. The summed E-state index contributed by atoms with van der Waals surface area (Å²) < 4.78 is 0. The van der Waals surface area contributed by atoms with Gasteiger partial charge < -0.3 is 0 Å². The Hall–Kier alpha value is -3.26. The van der Waals surface area contributed by atoms with E-state index < -0.39 is 10.7 Å². The minimum atomic E-state index is -0.577. The molecule has 0 amide bonds. The highest BCUT2D eigenvalue weighted by atomic mass is 16.6. The molecule has 0 fully saturated rings. The van der Waals surface area contributed by atoms with E-state index in [1.54, 1.807) is 12.1 Å². The van der Waals surface area contributed by atoms with Crippen LogP contribution in [0.5, 0.6) is 0 Å². The maximum atomic E-state index is 12.3. The van der Waals surface area contributed by atoms with Gasteiger partial charge in [0.05, 0.1) is 4.92 Å². The molecule has 0 aliphatic rings. The molecule has 0 saturated carbocycles. The van der Waals surface area contributed by atoms with Gasteiger partial charge in [0.1, 0.15) is 11.6 Å². The average molecular weight is 292 g/mol. The van der Waals surface area contributed by atoms with E-state index in [0.717, 1.165) is 11.1 Å². The number of rotatable bonds is 4. The Bertz CT molecular complexity index is 799. The lowest BCUT2D eigenvalue weighted by atomic mass is 10.0. The minimum absolute atomic E-state index is 0.0654. The van der Waals surface area contributed by atoms with Gasteiger partial charge >= 0.3 is 0 Å². The molecule has 2 aromatic rings. The van der Waals surface area contributed by atoms with Crippen LogP contribution in [-0.4, -0.2) is 10.7 Å². The SMILES string of the molecule is Cc1ccc(/C=C(\C#N)C(=O)c2cccc([N+](=O)[O-])c2)cc1. The third kappa shape index (κ3) is 3.44. The zero-order chi connectivity index (χ0) is 16.1. The summed E-state index contributed by atoms with van der Waals surface area (Å²) in [7, 11) is 0. The van der Waals surface area contributed by atoms with Gasteiger partial charge in [-0.25, -0.2) is 0 Å². The first-order chi connectivity index (χ1) is 10.5. The fourth-order valence-corrected chi connectivity index (χ4v) is 1.89. The van der Waals surface area contributed by atoms with Crippen molar-refractivity contribution < 1.29 is 9.72 Å². The highest BCUT2D eigenvalue weighted by Gasteiger charge is 2.15. The number of benzene rings is 2. The number of nitrogens with zero attached hydrogens (tertiary/aromatic N) is 2. The van der Waals surface area contributed by atoms with Crippen molar-refractivity contribution in [3.63, 3.8) is 0 Å². The van der Waals surface area contributed by atoms with Crippen LogP contribution in [0, 0.1) is 28.4 Å². The maximum absolute atomic E-state index is 12.3. The number of non-ortho nitro benzene ring substituents is 1. The van der Waals surface area contributed by atoms with Crippen LogP contribution < -0.4 is 0 Å². The molecule has 0 radical (unpaired) electrons. The molecule has 0 bridgehead atoms. The third-order valence-corrected chi connectivity index (χ3v) is 3.07. The predicted octanol–water partition coefficient (Wildman–Crippen LogP) is 3.69. The summed E-state index contributed by atoms with van der Waals surface area (Å²) in [5.41, 5.74) is 1.67. The van der Waals surface area contributed by atoms with Crippen molar-refractivity contribution in [3.05, 3.63) is 80.9 Å². The second-order valence-electron chi connectivity index (χ2n) is 4.72. The van der Waals surface area contributed by atoms with Gasteiger partial charge in [-0.05, 0) is 18.6 Å². The first kappa shape index (κ1) is 15.1. The first-order valence-corrected chi connectivity index (χ1v) is 6.49. The molecule has 0 N–H and O–H groups in total. The number of nitriles is 1. The number of ketones is 1. The van der Waals surface area contributed by atoms with Crippen LogP contribution in [0.1, 0.15) is 21.5 Å². The molecule has 0 aromatic heterocycles. The smallest absolute Gasteiger partial charge is 0.270 e. The lowest BCUT2D eigenvalue weighted by Gasteiger charge is -2.01. The van der Waals surface area contributed by atoms with E-state index in [1.165, 1.54) is 30.3 Å². The number of carbonyl (C=O) groups is 1. The topological polar surface area (TPSA) is 84.0 Å². The van der Waals surface area contributed by atoms with E-state index in [-0.39, 0.29) is 16.8 Å². The molecule has 108 valence electrons. The summed E-state index contributed by atoms with van der Waals surface area (Å²) >= 11 is 0. The van der Waals surface area contributed by atoms with Crippen LogP contribution >= 0.6 is 0 Å². The highest BCUT2D eigenvalue weighted by molar-refractivity contribution is 6.14. The van der Waals surface area contributed by atoms with Gasteiger partial charge in [-0.1, -0.05) is 42.0 Å². The van der Waals surface area contributed by atoms with Gasteiger partial charge in [0.25, 0.3) is 5.69 Å². The first-order valence-electron chi connectivity index (χ1n) is 6.49. The fraction of sp³-hybridized carbons (Fsp3) is 0.0588. The number of aryl methyl sites for hydroxylation is 1. The van der Waals surface area contributed by atoms with Crippen molar-refractivity contribution in [2.24, 2.45) is 0 Å². The fourth-order valence-electron chi connectivity index (χ4n) is 1.89. The zero-order valence-electron chi connectivity index (χ0n) is 11.8. The van der Waals surface area contributed by atoms with Crippen molar-refractivity contribution in [3.8, 4) is 6.07 Å². The third-order valence-electron chi connectivity index (χ3n) is 3.07. The van der Waals surface area contributed by atoms with Crippen LogP contribution in [-0.2, 0) is 0 Å². The number of allylic oxidation sites excluding steroid dienone is 1. The van der Waals surface area contributed by atoms with E-state index in [2.05, 4.69) is 0 Å². The molecule has 2 aromatic carbocycles. The number of nitro benzene ring substituents is 1. The standard InChI is InChI=1S/C17H12N2O3/c1-12-5-7-13(8-6-12)9-15(11-18)17(20)14-3-2-4-16(10-14)19(21)22/h2-10H,1H3/b15-9+. The summed E-state index contributed by atoms with van der Waals surface area (Å²) in [6.45, 7) is 1.94. The quantitative estimate of drug-likeness (QED) is 0.283. The van der Waals surface area contributed by atoms with Gasteiger partial charge in [-0.2, -0.15) is 5.26 Å². The van der Waals surface area contributed by atoms with Crippen LogP contribution in [0.2, 0.25) is 0 Å². The van der Waals surface area contributed by atoms with Crippen LogP contribution in [0.4, 0.5) is 5.69 Å². The number of nitro groups is 1. The molecule has 5 heteroatoms. The van der Waals surface area contributed by atoms with Gasteiger partial charge in [0, 0.05) is 17.7 Å². The number of carbonyl (C=O) groups excluding carboxylic acids is 1. The van der Waals surface area contributed by atoms with Crippen LogP contribution in [0.25, 0.3) is 6.08 Å². The van der Waals surface area contributed by atoms with Gasteiger partial charge in [0.2, 0.25) is 5.78 Å². The summed E-state index contributed by atoms with van der Waals surface area (Å²) in [4.78, 5) is 22.5. The number of hydrogen-bond acceptors (Lipinski definition) is 4. The molecule has 5 nitrogen and oxygen atoms in total. The highest BCUT2D eigenvalue weighted by Crippen LogP contribution is 2.18.